The number of phenolic OH excluding ortho intramolecular Hbond substituents is 2. The van der Waals surface area contributed by atoms with Gasteiger partial charge >= 0.3 is 12.1 Å². The number of hydrogen-bond acceptors (Lipinski definition) is 9. The van der Waals surface area contributed by atoms with Gasteiger partial charge in [-0.25, -0.2) is 9.59 Å². The summed E-state index contributed by atoms with van der Waals surface area (Å²) in [5.74, 6) is -1.63. The fourth-order valence-electron chi connectivity index (χ4n) is 4.66. The first-order valence-electron chi connectivity index (χ1n) is 10.8. The molecule has 3 aromatic carbocycles. The van der Waals surface area contributed by atoms with E-state index in [4.69, 9.17) is 14.3 Å². The highest BCUT2D eigenvalue weighted by Gasteiger charge is 2.53. The first-order chi connectivity index (χ1) is 17.3. The van der Waals surface area contributed by atoms with Crippen LogP contribution in [0.3, 0.4) is 0 Å². The third kappa shape index (κ3) is 3.06. The van der Waals surface area contributed by atoms with E-state index in [9.17, 15) is 29.4 Å². The second kappa shape index (κ2) is 7.47. The number of anilines is 1. The normalized spacial score (nSPS) is 16.7. The standard InChI is InChI=1S/C25H16N2O9/c28-13-2-5-16-19(10-13)34-20-11-14(29)3-6-17(20)25(16)18-9-12(1-4-15(18)23(32)35-25)26-24(33)36-27-21(30)7-8-22(27)31/h1-6,9-11,28-29H,7-8H2,(H,26,33). The zero-order valence-electron chi connectivity index (χ0n) is 18.3. The van der Waals surface area contributed by atoms with Crippen LogP contribution in [0.15, 0.2) is 54.6 Å². The quantitative estimate of drug-likeness (QED) is 0.364. The van der Waals surface area contributed by atoms with E-state index in [1.54, 1.807) is 12.1 Å². The highest BCUT2D eigenvalue weighted by Crippen LogP contribution is 2.57. The first kappa shape index (κ1) is 21.5. The van der Waals surface area contributed by atoms with Crippen molar-refractivity contribution in [2.45, 2.75) is 18.4 Å². The van der Waals surface area contributed by atoms with Crippen LogP contribution >= 0.6 is 0 Å². The third-order valence-electron chi connectivity index (χ3n) is 6.20. The molecule has 3 aliphatic rings. The van der Waals surface area contributed by atoms with Crippen molar-refractivity contribution in [3.05, 3.63) is 76.9 Å². The maximum atomic E-state index is 13.0. The average molecular weight is 488 g/mol. The van der Waals surface area contributed by atoms with Crippen LogP contribution in [0.4, 0.5) is 10.5 Å². The Morgan fingerprint density at radius 3 is 2.08 bits per heavy atom. The molecular weight excluding hydrogens is 472 g/mol. The largest absolute Gasteiger partial charge is 0.508 e. The molecule has 11 heteroatoms. The predicted molar refractivity (Wildman–Crippen MR) is 119 cm³/mol. The highest BCUT2D eigenvalue weighted by atomic mass is 16.7. The number of esters is 1. The zero-order chi connectivity index (χ0) is 25.2. The van der Waals surface area contributed by atoms with Crippen LogP contribution in [0.5, 0.6) is 23.0 Å². The highest BCUT2D eigenvalue weighted by molar-refractivity contribution is 6.02. The number of hydrogen-bond donors (Lipinski definition) is 3. The number of imide groups is 1. The number of fused-ring (bicyclic) bond motifs is 6. The zero-order valence-corrected chi connectivity index (χ0v) is 18.3. The van der Waals surface area contributed by atoms with Crippen molar-refractivity contribution in [2.75, 3.05) is 5.32 Å². The number of nitrogens with one attached hydrogen (secondary N) is 1. The van der Waals surface area contributed by atoms with Crippen LogP contribution in [0.1, 0.15) is 39.9 Å². The Kier molecular flexibility index (Phi) is 4.46. The predicted octanol–water partition coefficient (Wildman–Crippen LogP) is 3.28. The molecule has 0 bridgehead atoms. The minimum atomic E-state index is -1.51. The van der Waals surface area contributed by atoms with Gasteiger partial charge in [0.2, 0.25) is 0 Å². The van der Waals surface area contributed by atoms with Crippen LogP contribution in [-0.4, -0.2) is 39.2 Å². The Labute approximate surface area is 202 Å². The summed E-state index contributed by atoms with van der Waals surface area (Å²) in [5, 5.41) is 22.9. The van der Waals surface area contributed by atoms with E-state index in [-0.39, 0.29) is 47.1 Å². The van der Waals surface area contributed by atoms with Crippen molar-refractivity contribution in [1.29, 1.82) is 0 Å². The number of carbonyl (C=O) groups is 4. The molecule has 3 aliphatic heterocycles. The molecule has 0 radical (unpaired) electrons. The molecule has 1 fully saturated rings. The second-order valence-electron chi connectivity index (χ2n) is 8.38. The Bertz CT molecular complexity index is 1450. The van der Waals surface area contributed by atoms with Gasteiger partial charge in [-0.2, -0.15) is 0 Å². The monoisotopic (exact) mass is 488 g/mol. The lowest BCUT2D eigenvalue weighted by Crippen LogP contribution is -2.34. The number of carbonyl (C=O) groups excluding carboxylic acids is 4. The smallest absolute Gasteiger partial charge is 0.436 e. The molecule has 3 N–H and O–H groups in total. The molecule has 3 aromatic rings. The van der Waals surface area contributed by atoms with Crippen molar-refractivity contribution in [3.8, 4) is 23.0 Å². The van der Waals surface area contributed by atoms with Crippen molar-refractivity contribution in [1.82, 2.24) is 5.06 Å². The lowest BCUT2D eigenvalue weighted by Gasteiger charge is -2.36. The van der Waals surface area contributed by atoms with Gasteiger partial charge in [-0.3, -0.25) is 14.9 Å². The summed E-state index contributed by atoms with van der Waals surface area (Å²) in [4.78, 5) is 53.7. The second-order valence-corrected chi connectivity index (χ2v) is 8.38. The van der Waals surface area contributed by atoms with Gasteiger partial charge in [0.15, 0.2) is 5.60 Å². The third-order valence-corrected chi connectivity index (χ3v) is 6.20. The maximum Gasteiger partial charge on any atom is 0.436 e. The van der Waals surface area contributed by atoms with Crippen molar-refractivity contribution in [3.63, 3.8) is 0 Å². The van der Waals surface area contributed by atoms with Crippen LogP contribution < -0.4 is 10.1 Å². The van der Waals surface area contributed by atoms with Gasteiger partial charge in [0.25, 0.3) is 11.8 Å². The average Bonchev–Trinajstić information content (AvgIpc) is 3.30. The summed E-state index contributed by atoms with van der Waals surface area (Å²) in [7, 11) is 0. The van der Waals surface area contributed by atoms with Crippen LogP contribution in [0, 0.1) is 0 Å². The van der Waals surface area contributed by atoms with E-state index < -0.39 is 29.5 Å². The number of aromatic hydroxyl groups is 2. The van der Waals surface area contributed by atoms with Gasteiger partial charge < -0.3 is 24.5 Å². The van der Waals surface area contributed by atoms with Crippen molar-refractivity contribution >= 4 is 29.6 Å². The van der Waals surface area contributed by atoms with E-state index in [0.717, 1.165) is 0 Å². The van der Waals surface area contributed by atoms with Gasteiger partial charge in [0, 0.05) is 47.4 Å². The minimum absolute atomic E-state index is 0.0427. The number of phenols is 2. The molecule has 1 saturated heterocycles. The van der Waals surface area contributed by atoms with Crippen molar-refractivity contribution < 1.29 is 43.7 Å². The Balaban J connectivity index is 1.45. The molecule has 3 heterocycles. The van der Waals surface area contributed by atoms with E-state index in [0.29, 0.717) is 21.8 Å². The summed E-state index contributed by atoms with van der Waals surface area (Å²) >= 11 is 0. The Morgan fingerprint density at radius 1 is 0.861 bits per heavy atom. The molecule has 0 atom stereocenters. The first-order valence-corrected chi connectivity index (χ1v) is 10.8. The molecule has 0 aliphatic carbocycles. The topological polar surface area (TPSA) is 152 Å². The molecule has 0 unspecified atom stereocenters. The van der Waals surface area contributed by atoms with E-state index in [1.807, 2.05) is 0 Å². The van der Waals surface area contributed by atoms with Gasteiger partial charge in [0.05, 0.1) is 5.56 Å². The van der Waals surface area contributed by atoms with Crippen molar-refractivity contribution in [2.24, 2.45) is 0 Å². The van der Waals surface area contributed by atoms with Crippen LogP contribution in [0.25, 0.3) is 0 Å². The summed E-state index contributed by atoms with van der Waals surface area (Å²) in [6.45, 7) is 0. The van der Waals surface area contributed by atoms with E-state index in [2.05, 4.69) is 5.32 Å². The van der Waals surface area contributed by atoms with Gasteiger partial charge in [-0.1, -0.05) is 0 Å². The molecule has 0 aromatic heterocycles. The summed E-state index contributed by atoms with van der Waals surface area (Å²) in [6, 6.07) is 13.1. The van der Waals surface area contributed by atoms with E-state index >= 15 is 0 Å². The molecular formula is C25H16N2O9. The molecule has 36 heavy (non-hydrogen) atoms. The number of hydroxylamine groups is 2. The van der Waals surface area contributed by atoms with Crippen LogP contribution in [-0.2, 0) is 24.8 Å². The van der Waals surface area contributed by atoms with Gasteiger partial charge in [-0.15, -0.1) is 5.06 Å². The fraction of sp³-hybridized carbons (Fsp3) is 0.120. The van der Waals surface area contributed by atoms with Gasteiger partial charge in [-0.05, 0) is 42.5 Å². The van der Waals surface area contributed by atoms with Gasteiger partial charge in [0.1, 0.15) is 23.0 Å². The molecule has 1 spiro atoms. The Morgan fingerprint density at radius 2 is 1.47 bits per heavy atom. The molecule has 11 nitrogen and oxygen atoms in total. The lowest BCUT2D eigenvalue weighted by molar-refractivity contribution is -0.170. The van der Waals surface area contributed by atoms with Crippen LogP contribution in [0.2, 0.25) is 0 Å². The Hall–Kier alpha value is -5.06. The lowest BCUT2D eigenvalue weighted by atomic mass is 9.77. The molecule has 180 valence electrons. The number of rotatable bonds is 2. The molecule has 3 amide bonds. The number of amides is 3. The SMILES string of the molecule is O=C(Nc1ccc2c(c1)C1(OC2=O)c2ccc(O)cc2Oc2cc(O)ccc21)ON1C(=O)CCC1=O. The summed E-state index contributed by atoms with van der Waals surface area (Å²) in [5.41, 5.74) is 0.0959. The maximum absolute atomic E-state index is 13.0. The number of ether oxygens (including phenoxy) is 2. The molecule has 6 rings (SSSR count). The fourth-order valence-corrected chi connectivity index (χ4v) is 4.66. The summed E-state index contributed by atoms with van der Waals surface area (Å²) in [6.07, 6.45) is -1.15. The molecule has 0 saturated carbocycles. The number of nitrogens with zero attached hydrogens (tertiary/aromatic N) is 1. The van der Waals surface area contributed by atoms with E-state index in [1.165, 1.54) is 42.5 Å². The number of benzene rings is 3. The minimum Gasteiger partial charge on any atom is -0.508 e. The summed E-state index contributed by atoms with van der Waals surface area (Å²) < 4.78 is 11.9.